The largest absolute Gasteiger partial charge is 0.340 e. The molecule has 0 heterocycles. The van der Waals surface area contributed by atoms with Crippen molar-refractivity contribution in [3.63, 3.8) is 0 Å². The molecule has 0 aromatic rings. The van der Waals surface area contributed by atoms with Gasteiger partial charge in [-0.15, -0.1) is 6.42 Å². The minimum atomic E-state index is -0.579. The molecule has 1 unspecified atom stereocenters. The number of hydrogen-bond donors (Lipinski definition) is 2. The van der Waals surface area contributed by atoms with Crippen LogP contribution in [0.5, 0.6) is 0 Å². The van der Waals surface area contributed by atoms with Crippen LogP contribution in [0, 0.1) is 12.3 Å². The van der Waals surface area contributed by atoms with E-state index in [2.05, 4.69) is 11.2 Å². The number of terminal acetylenes is 1. The molecule has 0 aromatic heterocycles. The van der Waals surface area contributed by atoms with E-state index in [1.165, 1.54) is 0 Å². The highest BCUT2D eigenvalue weighted by atomic mass is 16.1. The SMILES string of the molecule is C#CC(C)(C)NC(=O)CC(N)CC. The second-order valence-corrected chi connectivity index (χ2v) is 3.69. The number of hydrogen-bond acceptors (Lipinski definition) is 2. The lowest BCUT2D eigenvalue weighted by Crippen LogP contribution is -2.44. The Balaban J connectivity index is 3.97. The summed E-state index contributed by atoms with van der Waals surface area (Å²) in [6.45, 7) is 5.51. The fourth-order valence-electron chi connectivity index (χ4n) is 0.818. The van der Waals surface area contributed by atoms with Gasteiger partial charge in [-0.2, -0.15) is 0 Å². The molecule has 3 heteroatoms. The van der Waals surface area contributed by atoms with Gasteiger partial charge < -0.3 is 11.1 Å². The van der Waals surface area contributed by atoms with Crippen LogP contribution in [-0.4, -0.2) is 17.5 Å². The maximum absolute atomic E-state index is 11.3. The molecular weight excluding hydrogens is 164 g/mol. The molecule has 0 rings (SSSR count). The normalized spacial score (nSPS) is 13.2. The Hall–Kier alpha value is -1.01. The lowest BCUT2D eigenvalue weighted by atomic mass is 10.1. The second-order valence-electron chi connectivity index (χ2n) is 3.69. The van der Waals surface area contributed by atoms with Gasteiger partial charge in [-0.05, 0) is 20.3 Å². The molecule has 0 bridgehead atoms. The van der Waals surface area contributed by atoms with Crippen LogP contribution in [0.15, 0.2) is 0 Å². The summed E-state index contributed by atoms with van der Waals surface area (Å²) in [5, 5.41) is 2.72. The summed E-state index contributed by atoms with van der Waals surface area (Å²) in [5.74, 6) is 2.40. The van der Waals surface area contributed by atoms with E-state index in [-0.39, 0.29) is 11.9 Å². The summed E-state index contributed by atoms with van der Waals surface area (Å²) >= 11 is 0. The summed E-state index contributed by atoms with van der Waals surface area (Å²) in [4.78, 5) is 11.3. The molecule has 0 aliphatic carbocycles. The molecule has 0 aliphatic rings. The van der Waals surface area contributed by atoms with Gasteiger partial charge in [0.05, 0.1) is 5.54 Å². The molecule has 0 spiro atoms. The number of nitrogens with one attached hydrogen (secondary N) is 1. The predicted octanol–water partition coefficient (Wildman–Crippen LogP) is 0.642. The Morgan fingerprint density at radius 1 is 1.69 bits per heavy atom. The van der Waals surface area contributed by atoms with Crippen molar-refractivity contribution in [2.45, 2.75) is 45.2 Å². The van der Waals surface area contributed by atoms with Crippen LogP contribution in [0.3, 0.4) is 0 Å². The number of rotatable bonds is 4. The van der Waals surface area contributed by atoms with Crippen LogP contribution < -0.4 is 11.1 Å². The third-order valence-electron chi connectivity index (χ3n) is 1.78. The first-order valence-corrected chi connectivity index (χ1v) is 4.45. The van der Waals surface area contributed by atoms with E-state index >= 15 is 0 Å². The topological polar surface area (TPSA) is 55.1 Å². The van der Waals surface area contributed by atoms with E-state index < -0.39 is 5.54 Å². The highest BCUT2D eigenvalue weighted by Gasteiger charge is 2.17. The first-order chi connectivity index (χ1) is 5.91. The van der Waals surface area contributed by atoms with Gasteiger partial charge >= 0.3 is 0 Å². The number of amides is 1. The molecule has 0 fully saturated rings. The van der Waals surface area contributed by atoms with Gasteiger partial charge in [-0.1, -0.05) is 12.8 Å². The van der Waals surface area contributed by atoms with Crippen molar-refractivity contribution in [2.24, 2.45) is 5.73 Å². The Labute approximate surface area is 80.1 Å². The average molecular weight is 182 g/mol. The first kappa shape index (κ1) is 12.0. The first-order valence-electron chi connectivity index (χ1n) is 4.45. The van der Waals surface area contributed by atoms with Crippen LogP contribution in [0.2, 0.25) is 0 Å². The van der Waals surface area contributed by atoms with Crippen molar-refractivity contribution >= 4 is 5.91 Å². The molecule has 74 valence electrons. The molecule has 0 saturated heterocycles. The van der Waals surface area contributed by atoms with E-state index in [1.807, 2.05) is 6.92 Å². The third-order valence-corrected chi connectivity index (χ3v) is 1.78. The fraction of sp³-hybridized carbons (Fsp3) is 0.700. The predicted molar refractivity (Wildman–Crippen MR) is 53.9 cm³/mol. The maximum atomic E-state index is 11.3. The minimum absolute atomic E-state index is 0.0754. The van der Waals surface area contributed by atoms with Gasteiger partial charge in [0.25, 0.3) is 0 Å². The van der Waals surface area contributed by atoms with Gasteiger partial charge in [0, 0.05) is 12.5 Å². The van der Waals surface area contributed by atoms with Gasteiger partial charge in [0.1, 0.15) is 0 Å². The molecule has 0 aromatic carbocycles. The number of nitrogens with two attached hydrogens (primary N) is 1. The molecule has 0 aliphatic heterocycles. The van der Waals surface area contributed by atoms with Gasteiger partial charge in [0.15, 0.2) is 0 Å². The molecule has 3 nitrogen and oxygen atoms in total. The highest BCUT2D eigenvalue weighted by molar-refractivity contribution is 5.77. The van der Waals surface area contributed by atoms with E-state index in [0.29, 0.717) is 6.42 Å². The third kappa shape index (κ3) is 5.26. The summed E-state index contributed by atoms with van der Waals surface area (Å²) in [7, 11) is 0. The van der Waals surface area contributed by atoms with Crippen LogP contribution in [0.1, 0.15) is 33.6 Å². The van der Waals surface area contributed by atoms with Crippen LogP contribution >= 0.6 is 0 Å². The molecule has 0 radical (unpaired) electrons. The molecule has 1 amide bonds. The van der Waals surface area contributed by atoms with E-state index in [4.69, 9.17) is 12.2 Å². The summed E-state index contributed by atoms with van der Waals surface area (Å²) in [6.07, 6.45) is 6.35. The van der Waals surface area contributed by atoms with E-state index in [1.54, 1.807) is 13.8 Å². The fourth-order valence-corrected chi connectivity index (χ4v) is 0.818. The van der Waals surface area contributed by atoms with Crippen LogP contribution in [0.25, 0.3) is 0 Å². The van der Waals surface area contributed by atoms with Gasteiger partial charge in [0.2, 0.25) is 5.91 Å². The molecule has 1 atom stereocenters. The molecule has 13 heavy (non-hydrogen) atoms. The minimum Gasteiger partial charge on any atom is -0.340 e. The monoisotopic (exact) mass is 182 g/mol. The quantitative estimate of drug-likeness (QED) is 0.627. The smallest absolute Gasteiger partial charge is 0.222 e. The Kier molecular flexibility index (Phi) is 4.50. The zero-order valence-corrected chi connectivity index (χ0v) is 8.55. The maximum Gasteiger partial charge on any atom is 0.222 e. The lowest BCUT2D eigenvalue weighted by molar-refractivity contribution is -0.122. The summed E-state index contributed by atoms with van der Waals surface area (Å²) in [5.41, 5.74) is 5.04. The highest BCUT2D eigenvalue weighted by Crippen LogP contribution is 2.01. The lowest BCUT2D eigenvalue weighted by Gasteiger charge is -2.20. The van der Waals surface area contributed by atoms with Crippen molar-refractivity contribution in [2.75, 3.05) is 0 Å². The molecule has 3 N–H and O–H groups in total. The van der Waals surface area contributed by atoms with Gasteiger partial charge in [-0.3, -0.25) is 4.79 Å². The number of carbonyl (C=O) groups excluding carboxylic acids is 1. The molecular formula is C10H18N2O. The Bertz CT molecular complexity index is 215. The van der Waals surface area contributed by atoms with Crippen molar-refractivity contribution in [1.29, 1.82) is 0 Å². The van der Waals surface area contributed by atoms with E-state index in [9.17, 15) is 4.79 Å². The van der Waals surface area contributed by atoms with Crippen LogP contribution in [0.4, 0.5) is 0 Å². The van der Waals surface area contributed by atoms with Crippen molar-refractivity contribution in [3.8, 4) is 12.3 Å². The standard InChI is InChI=1S/C10H18N2O/c1-5-8(11)7-9(13)12-10(3,4)6-2/h2,8H,5,7,11H2,1,3-4H3,(H,12,13). The average Bonchev–Trinajstić information content (AvgIpc) is 2.03. The van der Waals surface area contributed by atoms with Crippen LogP contribution in [-0.2, 0) is 4.79 Å². The summed E-state index contributed by atoms with van der Waals surface area (Å²) in [6, 6.07) is -0.0754. The Morgan fingerprint density at radius 3 is 2.62 bits per heavy atom. The molecule has 0 saturated carbocycles. The summed E-state index contributed by atoms with van der Waals surface area (Å²) < 4.78 is 0. The Morgan fingerprint density at radius 2 is 2.23 bits per heavy atom. The zero-order chi connectivity index (χ0) is 10.5. The van der Waals surface area contributed by atoms with E-state index in [0.717, 1.165) is 6.42 Å². The number of carbonyl (C=O) groups is 1. The van der Waals surface area contributed by atoms with Crippen molar-refractivity contribution in [3.05, 3.63) is 0 Å². The van der Waals surface area contributed by atoms with Gasteiger partial charge in [-0.25, -0.2) is 0 Å². The van der Waals surface area contributed by atoms with Crippen molar-refractivity contribution in [1.82, 2.24) is 5.32 Å². The van der Waals surface area contributed by atoms with Crippen molar-refractivity contribution < 1.29 is 4.79 Å². The second kappa shape index (κ2) is 4.88. The zero-order valence-electron chi connectivity index (χ0n) is 8.55.